The highest BCUT2D eigenvalue weighted by Gasteiger charge is 2.18. The molecule has 0 spiro atoms. The van der Waals surface area contributed by atoms with Crippen LogP contribution in [0.5, 0.6) is 0 Å². The summed E-state index contributed by atoms with van der Waals surface area (Å²) in [4.78, 5) is 20.4. The Hall–Kier alpha value is -1.98. The zero-order chi connectivity index (χ0) is 14.1. The van der Waals surface area contributed by atoms with Gasteiger partial charge in [0, 0.05) is 11.1 Å². The number of halogens is 1. The summed E-state index contributed by atoms with van der Waals surface area (Å²) in [6.07, 6.45) is 1.68. The van der Waals surface area contributed by atoms with Gasteiger partial charge in [-0.2, -0.15) is 0 Å². The number of carbonyl (C=O) groups is 1. The summed E-state index contributed by atoms with van der Waals surface area (Å²) in [6, 6.07) is 11.1. The van der Waals surface area contributed by atoms with Gasteiger partial charge in [-0.25, -0.2) is 0 Å². The fourth-order valence-electron chi connectivity index (χ4n) is 1.91. The van der Waals surface area contributed by atoms with Crippen molar-refractivity contribution in [1.29, 1.82) is 0 Å². The van der Waals surface area contributed by atoms with E-state index in [1.807, 2.05) is 24.3 Å². The van der Waals surface area contributed by atoms with Gasteiger partial charge in [0.15, 0.2) is 0 Å². The average Bonchev–Trinajstić information content (AvgIpc) is 2.81. The standard InChI is InChI=1S/C14H10ClN3OS/c15-8-4-1-2-6-10(8)20-13-11-9(5-3-7-17-11)18-12(13)14(16)19/h1-7,18H,(H2,16,19). The van der Waals surface area contributed by atoms with Crippen molar-refractivity contribution in [2.45, 2.75) is 9.79 Å². The first kappa shape index (κ1) is 13.0. The predicted octanol–water partition coefficient (Wildman–Crippen LogP) is 3.47. The Kier molecular flexibility index (Phi) is 3.38. The van der Waals surface area contributed by atoms with Gasteiger partial charge in [-0.15, -0.1) is 0 Å². The summed E-state index contributed by atoms with van der Waals surface area (Å²) in [6.45, 7) is 0. The molecule has 1 amide bonds. The third-order valence-corrected chi connectivity index (χ3v) is 4.42. The van der Waals surface area contributed by atoms with Gasteiger partial charge < -0.3 is 10.7 Å². The molecule has 3 N–H and O–H groups in total. The fraction of sp³-hybridized carbons (Fsp3) is 0. The largest absolute Gasteiger partial charge is 0.364 e. The minimum Gasteiger partial charge on any atom is -0.364 e. The maximum absolute atomic E-state index is 11.6. The molecule has 0 radical (unpaired) electrons. The molecule has 1 aromatic carbocycles. The quantitative estimate of drug-likeness (QED) is 0.778. The molecule has 0 aliphatic carbocycles. The number of primary amides is 1. The molecular formula is C14H10ClN3OS. The maximum Gasteiger partial charge on any atom is 0.266 e. The van der Waals surface area contributed by atoms with Gasteiger partial charge in [-0.1, -0.05) is 35.5 Å². The average molecular weight is 304 g/mol. The van der Waals surface area contributed by atoms with Crippen molar-refractivity contribution in [3.05, 3.63) is 53.3 Å². The third-order valence-electron chi connectivity index (χ3n) is 2.80. The number of nitrogens with one attached hydrogen (secondary N) is 1. The Balaban J connectivity index is 2.17. The molecule has 3 rings (SSSR count). The van der Waals surface area contributed by atoms with E-state index in [9.17, 15) is 4.79 Å². The molecule has 0 saturated heterocycles. The zero-order valence-electron chi connectivity index (χ0n) is 10.3. The number of nitrogens with zero attached hydrogens (tertiary/aromatic N) is 1. The molecule has 3 aromatic rings. The molecule has 0 aliphatic heterocycles. The van der Waals surface area contributed by atoms with E-state index in [0.29, 0.717) is 21.1 Å². The summed E-state index contributed by atoms with van der Waals surface area (Å²) < 4.78 is 0. The number of hydrogen-bond donors (Lipinski definition) is 2. The van der Waals surface area contributed by atoms with Gasteiger partial charge in [-0.3, -0.25) is 9.78 Å². The number of pyridine rings is 1. The number of rotatable bonds is 3. The molecule has 0 fully saturated rings. The van der Waals surface area contributed by atoms with E-state index in [4.69, 9.17) is 17.3 Å². The minimum atomic E-state index is -0.516. The van der Waals surface area contributed by atoms with Crippen LogP contribution in [0, 0.1) is 0 Å². The highest BCUT2D eigenvalue weighted by atomic mass is 35.5. The Labute approximate surface area is 124 Å². The first-order valence-electron chi connectivity index (χ1n) is 5.85. The Morgan fingerprint density at radius 2 is 2.05 bits per heavy atom. The molecule has 0 unspecified atom stereocenters. The van der Waals surface area contributed by atoms with Crippen molar-refractivity contribution in [1.82, 2.24) is 9.97 Å². The lowest BCUT2D eigenvalue weighted by molar-refractivity contribution is 0.0993. The van der Waals surface area contributed by atoms with Crippen LogP contribution in [0.3, 0.4) is 0 Å². The van der Waals surface area contributed by atoms with Crippen molar-refractivity contribution in [2.24, 2.45) is 5.73 Å². The summed E-state index contributed by atoms with van der Waals surface area (Å²) in [7, 11) is 0. The second-order valence-electron chi connectivity index (χ2n) is 4.13. The number of amides is 1. The van der Waals surface area contributed by atoms with Crippen molar-refractivity contribution >= 4 is 40.3 Å². The molecule has 2 heterocycles. The Morgan fingerprint density at radius 1 is 1.25 bits per heavy atom. The maximum atomic E-state index is 11.6. The highest BCUT2D eigenvalue weighted by molar-refractivity contribution is 7.99. The summed E-state index contributed by atoms with van der Waals surface area (Å²) in [5, 5.41) is 0.623. The smallest absolute Gasteiger partial charge is 0.266 e. The van der Waals surface area contributed by atoms with E-state index < -0.39 is 5.91 Å². The molecule has 0 saturated carbocycles. The zero-order valence-corrected chi connectivity index (χ0v) is 11.8. The molecule has 0 aliphatic rings. The van der Waals surface area contributed by atoms with Crippen LogP contribution in [0.1, 0.15) is 10.5 Å². The van der Waals surface area contributed by atoms with Crippen LogP contribution in [-0.2, 0) is 0 Å². The number of benzene rings is 1. The molecule has 2 aromatic heterocycles. The normalized spacial score (nSPS) is 10.8. The fourth-order valence-corrected chi connectivity index (χ4v) is 3.20. The van der Waals surface area contributed by atoms with E-state index in [-0.39, 0.29) is 0 Å². The highest BCUT2D eigenvalue weighted by Crippen LogP contribution is 2.38. The van der Waals surface area contributed by atoms with Gasteiger partial charge in [0.2, 0.25) is 0 Å². The van der Waals surface area contributed by atoms with Crippen LogP contribution < -0.4 is 5.73 Å². The number of carbonyl (C=O) groups excluding carboxylic acids is 1. The van der Waals surface area contributed by atoms with Crippen LogP contribution in [0.25, 0.3) is 11.0 Å². The number of H-pyrrole nitrogens is 1. The van der Waals surface area contributed by atoms with Crippen LogP contribution in [0.4, 0.5) is 0 Å². The van der Waals surface area contributed by atoms with Crippen LogP contribution in [-0.4, -0.2) is 15.9 Å². The van der Waals surface area contributed by atoms with Gasteiger partial charge in [0.1, 0.15) is 11.2 Å². The van der Waals surface area contributed by atoms with Crippen LogP contribution in [0.2, 0.25) is 5.02 Å². The number of aromatic nitrogens is 2. The van der Waals surface area contributed by atoms with E-state index in [2.05, 4.69) is 9.97 Å². The second kappa shape index (κ2) is 5.19. The summed E-state index contributed by atoms with van der Waals surface area (Å²) >= 11 is 7.54. The molecule has 6 heteroatoms. The second-order valence-corrected chi connectivity index (χ2v) is 5.58. The number of nitrogens with two attached hydrogens (primary N) is 1. The summed E-state index contributed by atoms with van der Waals surface area (Å²) in [5.41, 5.74) is 7.26. The lowest BCUT2D eigenvalue weighted by atomic mass is 10.3. The lowest BCUT2D eigenvalue weighted by Crippen LogP contribution is -2.12. The van der Waals surface area contributed by atoms with Gasteiger partial charge >= 0.3 is 0 Å². The predicted molar refractivity (Wildman–Crippen MR) is 80.2 cm³/mol. The van der Waals surface area contributed by atoms with Gasteiger partial charge in [0.05, 0.1) is 15.4 Å². The Bertz CT molecular complexity index is 800. The number of fused-ring (bicyclic) bond motifs is 1. The van der Waals surface area contributed by atoms with Crippen LogP contribution >= 0.6 is 23.4 Å². The van der Waals surface area contributed by atoms with E-state index >= 15 is 0 Å². The lowest BCUT2D eigenvalue weighted by Gasteiger charge is -2.04. The molecular weight excluding hydrogens is 294 g/mol. The molecule has 20 heavy (non-hydrogen) atoms. The molecule has 100 valence electrons. The van der Waals surface area contributed by atoms with E-state index in [1.165, 1.54) is 11.8 Å². The van der Waals surface area contributed by atoms with Crippen LogP contribution in [0.15, 0.2) is 52.4 Å². The monoisotopic (exact) mass is 303 g/mol. The SMILES string of the molecule is NC(=O)c1[nH]c2cccnc2c1Sc1ccccc1Cl. The van der Waals surface area contributed by atoms with Gasteiger partial charge in [-0.05, 0) is 24.3 Å². The van der Waals surface area contributed by atoms with E-state index in [1.54, 1.807) is 18.3 Å². The van der Waals surface area contributed by atoms with Gasteiger partial charge in [0.25, 0.3) is 5.91 Å². The molecule has 0 atom stereocenters. The minimum absolute atomic E-state index is 0.351. The van der Waals surface area contributed by atoms with Crippen molar-refractivity contribution in [3.8, 4) is 0 Å². The van der Waals surface area contributed by atoms with Crippen molar-refractivity contribution < 1.29 is 4.79 Å². The summed E-state index contributed by atoms with van der Waals surface area (Å²) in [5.74, 6) is -0.516. The first-order chi connectivity index (χ1) is 9.66. The van der Waals surface area contributed by atoms with Crippen molar-refractivity contribution in [2.75, 3.05) is 0 Å². The number of aromatic amines is 1. The Morgan fingerprint density at radius 3 is 2.80 bits per heavy atom. The first-order valence-corrected chi connectivity index (χ1v) is 7.05. The topological polar surface area (TPSA) is 71.8 Å². The molecule has 0 bridgehead atoms. The number of hydrogen-bond acceptors (Lipinski definition) is 3. The molecule has 4 nitrogen and oxygen atoms in total. The third kappa shape index (κ3) is 2.26. The van der Waals surface area contributed by atoms with E-state index in [0.717, 1.165) is 10.4 Å². The van der Waals surface area contributed by atoms with Crippen molar-refractivity contribution in [3.63, 3.8) is 0 Å².